The predicted molar refractivity (Wildman–Crippen MR) is 307 cm³/mol. The highest BCUT2D eigenvalue weighted by molar-refractivity contribution is 5.70. The Bertz CT molecular complexity index is 1200. The molecule has 0 bridgehead atoms. The van der Waals surface area contributed by atoms with Crippen molar-refractivity contribution in [1.82, 2.24) is 0 Å². The Hall–Kier alpha value is -2.40. The highest BCUT2D eigenvalue weighted by atomic mass is 16.6. The van der Waals surface area contributed by atoms with Crippen LogP contribution in [-0.4, -0.2) is 36.4 Å². The summed E-state index contributed by atoms with van der Waals surface area (Å²) in [6.07, 6.45) is 82.1. The van der Waals surface area contributed by atoms with E-state index in [1.165, 1.54) is 238 Å². The molecule has 1 N–H and O–H groups in total. The van der Waals surface area contributed by atoms with Crippen LogP contribution in [0.5, 0.6) is 0 Å². The number of aliphatic hydroxyl groups is 1. The standard InChI is InChI=1S/C65H118O5/c1-3-5-7-9-11-13-15-17-19-21-23-25-27-29-31-32-34-35-37-39-41-43-45-47-49-51-53-55-57-59-64(67)69-62-63(61-66)70-65(68)60-58-56-54-52-50-48-46-44-42-40-38-36-33-30-28-26-24-22-20-18-16-14-12-10-8-6-4-2/h15-18,21-24,28,30,63,66H,3-14,19-20,25-27,29,31-62H2,1-2H3/b17-15-,18-16-,23-21-,24-22-,30-28-. The van der Waals surface area contributed by atoms with Crippen molar-refractivity contribution < 1.29 is 24.2 Å². The van der Waals surface area contributed by atoms with Crippen LogP contribution in [0.15, 0.2) is 60.8 Å². The first-order chi connectivity index (χ1) is 34.6. The summed E-state index contributed by atoms with van der Waals surface area (Å²) in [6, 6.07) is 0. The minimum atomic E-state index is -0.775. The lowest BCUT2D eigenvalue weighted by atomic mass is 10.0. The molecule has 1 atom stereocenters. The number of unbranched alkanes of at least 4 members (excludes halogenated alkanes) is 39. The fourth-order valence-electron chi connectivity index (χ4n) is 9.13. The Balaban J connectivity index is 3.45. The lowest BCUT2D eigenvalue weighted by Gasteiger charge is -2.15. The van der Waals surface area contributed by atoms with Crippen molar-refractivity contribution in [2.75, 3.05) is 13.2 Å². The fourth-order valence-corrected chi connectivity index (χ4v) is 9.13. The average molecular weight is 980 g/mol. The molecule has 0 saturated heterocycles. The molecule has 0 saturated carbocycles. The van der Waals surface area contributed by atoms with E-state index in [0.717, 1.165) is 57.8 Å². The lowest BCUT2D eigenvalue weighted by Crippen LogP contribution is -2.28. The van der Waals surface area contributed by atoms with Crippen molar-refractivity contribution >= 4 is 11.9 Å². The molecule has 408 valence electrons. The second-order valence-corrected chi connectivity index (χ2v) is 20.8. The Labute approximate surface area is 436 Å². The average Bonchev–Trinajstić information content (AvgIpc) is 3.36. The highest BCUT2D eigenvalue weighted by Gasteiger charge is 2.16. The largest absolute Gasteiger partial charge is 0.462 e. The molecular weight excluding hydrogens is 861 g/mol. The van der Waals surface area contributed by atoms with Crippen LogP contribution in [0.2, 0.25) is 0 Å². The van der Waals surface area contributed by atoms with Gasteiger partial charge in [-0.1, -0.05) is 286 Å². The third-order valence-electron chi connectivity index (χ3n) is 13.8. The zero-order valence-electron chi connectivity index (χ0n) is 46.8. The Morgan fingerprint density at radius 2 is 0.571 bits per heavy atom. The van der Waals surface area contributed by atoms with E-state index in [4.69, 9.17) is 9.47 Å². The van der Waals surface area contributed by atoms with E-state index in [1.807, 2.05) is 0 Å². The summed E-state index contributed by atoms with van der Waals surface area (Å²) < 4.78 is 10.7. The van der Waals surface area contributed by atoms with Crippen molar-refractivity contribution in [2.45, 2.75) is 328 Å². The summed E-state index contributed by atoms with van der Waals surface area (Å²) >= 11 is 0. The maximum atomic E-state index is 12.3. The molecule has 0 aromatic heterocycles. The number of rotatable bonds is 57. The Morgan fingerprint density at radius 3 is 0.857 bits per heavy atom. The van der Waals surface area contributed by atoms with E-state index in [-0.39, 0.29) is 25.2 Å². The lowest BCUT2D eigenvalue weighted by molar-refractivity contribution is -0.161. The quantitative estimate of drug-likeness (QED) is 0.0373. The fraction of sp³-hybridized carbons (Fsp3) is 0.815. The van der Waals surface area contributed by atoms with E-state index in [0.29, 0.717) is 12.8 Å². The molecule has 0 aliphatic carbocycles. The minimum Gasteiger partial charge on any atom is -0.462 e. The number of ether oxygens (including phenoxy) is 2. The van der Waals surface area contributed by atoms with Crippen molar-refractivity contribution in [3.05, 3.63) is 60.8 Å². The van der Waals surface area contributed by atoms with Gasteiger partial charge in [0.25, 0.3) is 0 Å². The van der Waals surface area contributed by atoms with Crippen LogP contribution in [0, 0.1) is 0 Å². The number of carbonyl (C=O) groups is 2. The summed E-state index contributed by atoms with van der Waals surface area (Å²) in [5.41, 5.74) is 0. The third kappa shape index (κ3) is 58.2. The van der Waals surface area contributed by atoms with Crippen molar-refractivity contribution in [3.8, 4) is 0 Å². The molecule has 0 rings (SSSR count). The smallest absolute Gasteiger partial charge is 0.306 e. The van der Waals surface area contributed by atoms with Crippen LogP contribution in [0.25, 0.3) is 0 Å². The first kappa shape index (κ1) is 67.6. The number of aliphatic hydroxyl groups excluding tert-OH is 1. The van der Waals surface area contributed by atoms with Gasteiger partial charge in [-0.25, -0.2) is 0 Å². The van der Waals surface area contributed by atoms with Gasteiger partial charge in [-0.2, -0.15) is 0 Å². The van der Waals surface area contributed by atoms with Crippen LogP contribution in [0.3, 0.4) is 0 Å². The molecule has 0 aromatic carbocycles. The van der Waals surface area contributed by atoms with Crippen LogP contribution >= 0.6 is 0 Å². The number of hydrogen-bond donors (Lipinski definition) is 1. The number of hydrogen-bond acceptors (Lipinski definition) is 5. The van der Waals surface area contributed by atoms with Gasteiger partial charge < -0.3 is 14.6 Å². The van der Waals surface area contributed by atoms with E-state index in [9.17, 15) is 14.7 Å². The summed E-state index contributed by atoms with van der Waals surface area (Å²) in [5.74, 6) is -0.579. The molecule has 5 nitrogen and oxygen atoms in total. The van der Waals surface area contributed by atoms with Gasteiger partial charge in [-0.05, 0) is 83.5 Å². The van der Waals surface area contributed by atoms with Crippen LogP contribution in [0.4, 0.5) is 0 Å². The molecule has 0 radical (unpaired) electrons. The topological polar surface area (TPSA) is 72.8 Å². The highest BCUT2D eigenvalue weighted by Crippen LogP contribution is 2.17. The summed E-state index contributed by atoms with van der Waals surface area (Å²) in [7, 11) is 0. The van der Waals surface area contributed by atoms with Gasteiger partial charge in [0.15, 0.2) is 6.10 Å². The van der Waals surface area contributed by atoms with Gasteiger partial charge in [0.05, 0.1) is 6.61 Å². The van der Waals surface area contributed by atoms with Crippen LogP contribution < -0.4 is 0 Å². The minimum absolute atomic E-state index is 0.0648. The summed E-state index contributed by atoms with van der Waals surface area (Å²) in [4.78, 5) is 24.6. The number of carbonyl (C=O) groups excluding carboxylic acids is 2. The molecular formula is C65H118O5. The monoisotopic (exact) mass is 979 g/mol. The molecule has 0 aromatic rings. The van der Waals surface area contributed by atoms with E-state index >= 15 is 0 Å². The zero-order chi connectivity index (χ0) is 50.6. The van der Waals surface area contributed by atoms with E-state index in [1.54, 1.807) is 0 Å². The maximum absolute atomic E-state index is 12.3. The predicted octanol–water partition coefficient (Wildman–Crippen LogP) is 21.0. The van der Waals surface area contributed by atoms with Gasteiger partial charge in [0.2, 0.25) is 0 Å². The second-order valence-electron chi connectivity index (χ2n) is 20.8. The van der Waals surface area contributed by atoms with Crippen LogP contribution in [-0.2, 0) is 19.1 Å². The second kappa shape index (κ2) is 60.9. The molecule has 0 fully saturated rings. The van der Waals surface area contributed by atoms with Gasteiger partial charge in [0.1, 0.15) is 6.61 Å². The van der Waals surface area contributed by atoms with E-state index in [2.05, 4.69) is 74.6 Å². The molecule has 0 aliphatic rings. The SMILES string of the molecule is CCCCCCC/C=C\C/C=C\C/C=C\CCCCCCCCCCCCCCC(=O)OC(CO)COC(=O)CCCCCCCCCCCCCCCCCCC/C=C\C/C=C\CCCCCCC. The molecule has 0 aliphatic heterocycles. The van der Waals surface area contributed by atoms with E-state index < -0.39 is 6.10 Å². The number of esters is 2. The summed E-state index contributed by atoms with van der Waals surface area (Å²) in [6.45, 7) is 4.16. The van der Waals surface area contributed by atoms with Gasteiger partial charge in [-0.3, -0.25) is 9.59 Å². The Morgan fingerprint density at radius 1 is 0.329 bits per heavy atom. The van der Waals surface area contributed by atoms with Gasteiger partial charge in [-0.15, -0.1) is 0 Å². The van der Waals surface area contributed by atoms with Gasteiger partial charge in [0, 0.05) is 12.8 Å². The normalized spacial score (nSPS) is 12.6. The molecule has 0 spiro atoms. The van der Waals surface area contributed by atoms with Gasteiger partial charge >= 0.3 is 11.9 Å². The molecule has 1 unspecified atom stereocenters. The first-order valence-electron chi connectivity index (χ1n) is 30.8. The first-order valence-corrected chi connectivity index (χ1v) is 30.8. The molecule has 0 heterocycles. The molecule has 70 heavy (non-hydrogen) atoms. The van der Waals surface area contributed by atoms with Crippen molar-refractivity contribution in [1.29, 1.82) is 0 Å². The van der Waals surface area contributed by atoms with Crippen molar-refractivity contribution in [3.63, 3.8) is 0 Å². The third-order valence-corrected chi connectivity index (χ3v) is 13.8. The van der Waals surface area contributed by atoms with Crippen LogP contribution in [0.1, 0.15) is 322 Å². The van der Waals surface area contributed by atoms with Crippen molar-refractivity contribution in [2.24, 2.45) is 0 Å². The summed E-state index contributed by atoms with van der Waals surface area (Å²) in [5, 5.41) is 9.67. The maximum Gasteiger partial charge on any atom is 0.306 e. The Kier molecular flexibility index (Phi) is 58.8. The molecule has 5 heteroatoms. The zero-order valence-corrected chi connectivity index (χ0v) is 46.8. The number of allylic oxidation sites excluding steroid dienone is 10. The molecule has 0 amide bonds.